The summed E-state index contributed by atoms with van der Waals surface area (Å²) in [6.07, 6.45) is 1.32. The second-order valence-corrected chi connectivity index (χ2v) is 6.66. The molecule has 0 radical (unpaired) electrons. The molecule has 2 atom stereocenters. The SMILES string of the molecule is CCC(C)C(NS(=O)(=O)c1ccc(C)cc1)C(=O)C=[N+]=[N-]. The number of carbonyl (C=O) groups is 1. The fourth-order valence-corrected chi connectivity index (χ4v) is 3.09. The number of nitrogens with zero attached hydrogens (tertiary/aromatic N) is 2. The molecule has 21 heavy (non-hydrogen) atoms. The highest BCUT2D eigenvalue weighted by molar-refractivity contribution is 7.89. The van der Waals surface area contributed by atoms with E-state index in [1.54, 1.807) is 19.1 Å². The second kappa shape index (κ2) is 7.26. The fraction of sp³-hybridized carbons (Fsp3) is 0.429. The molecule has 0 bridgehead atoms. The number of benzene rings is 1. The third kappa shape index (κ3) is 4.60. The Hall–Kier alpha value is -1.82. The molecule has 0 saturated heterocycles. The maximum Gasteiger partial charge on any atom is 0.324 e. The zero-order valence-corrected chi connectivity index (χ0v) is 13.1. The average Bonchev–Trinajstić information content (AvgIpc) is 2.44. The van der Waals surface area contributed by atoms with E-state index in [1.807, 2.05) is 13.8 Å². The number of aryl methyl sites for hydroxylation is 1. The van der Waals surface area contributed by atoms with Crippen LogP contribution in [0.3, 0.4) is 0 Å². The van der Waals surface area contributed by atoms with Crippen LogP contribution in [0, 0.1) is 12.8 Å². The summed E-state index contributed by atoms with van der Waals surface area (Å²) in [6, 6.07) is 5.37. The maximum absolute atomic E-state index is 12.3. The molecule has 114 valence electrons. The van der Waals surface area contributed by atoms with E-state index in [0.29, 0.717) is 12.6 Å². The third-order valence-electron chi connectivity index (χ3n) is 3.32. The molecular weight excluding hydrogens is 290 g/mol. The van der Waals surface area contributed by atoms with Gasteiger partial charge in [0, 0.05) is 0 Å². The first-order valence-electron chi connectivity index (χ1n) is 6.62. The van der Waals surface area contributed by atoms with Crippen molar-refractivity contribution in [3.63, 3.8) is 0 Å². The molecule has 7 heteroatoms. The van der Waals surface area contributed by atoms with Crippen molar-refractivity contribution in [2.24, 2.45) is 5.92 Å². The summed E-state index contributed by atoms with van der Waals surface area (Å²) >= 11 is 0. The highest BCUT2D eigenvalue weighted by atomic mass is 32.2. The van der Waals surface area contributed by atoms with Crippen LogP contribution < -0.4 is 4.72 Å². The van der Waals surface area contributed by atoms with Gasteiger partial charge in [-0.1, -0.05) is 38.0 Å². The van der Waals surface area contributed by atoms with Crippen LogP contribution in [0.5, 0.6) is 0 Å². The van der Waals surface area contributed by atoms with E-state index >= 15 is 0 Å². The number of rotatable bonds is 7. The minimum absolute atomic E-state index is 0.0927. The number of carbonyl (C=O) groups excluding carboxylic acids is 1. The lowest BCUT2D eigenvalue weighted by molar-refractivity contribution is -0.118. The van der Waals surface area contributed by atoms with Crippen molar-refractivity contribution >= 4 is 22.0 Å². The molecule has 1 aromatic rings. The predicted octanol–water partition coefficient (Wildman–Crippen LogP) is 1.56. The number of hydrogen-bond donors (Lipinski definition) is 1. The van der Waals surface area contributed by atoms with Gasteiger partial charge in [0.05, 0.1) is 10.9 Å². The maximum atomic E-state index is 12.3. The van der Waals surface area contributed by atoms with Crippen molar-refractivity contribution in [2.75, 3.05) is 0 Å². The number of sulfonamides is 1. The standard InChI is InChI=1S/C14H19N3O3S/c1-4-11(3)14(13(18)9-16-15)17-21(19,20)12-7-5-10(2)6-8-12/h5-9,11,14,17H,4H2,1-3H3. The average molecular weight is 309 g/mol. The van der Waals surface area contributed by atoms with Crippen LogP contribution in [0.25, 0.3) is 5.53 Å². The predicted molar refractivity (Wildman–Crippen MR) is 79.4 cm³/mol. The van der Waals surface area contributed by atoms with Gasteiger partial charge in [0.25, 0.3) is 5.78 Å². The van der Waals surface area contributed by atoms with E-state index in [-0.39, 0.29) is 10.8 Å². The normalized spacial score (nSPS) is 14.0. The molecule has 0 spiro atoms. The van der Waals surface area contributed by atoms with Crippen molar-refractivity contribution in [3.8, 4) is 0 Å². The Morgan fingerprint density at radius 3 is 2.43 bits per heavy atom. The lowest BCUT2D eigenvalue weighted by atomic mass is 9.97. The van der Waals surface area contributed by atoms with Gasteiger partial charge in [-0.05, 0) is 25.0 Å². The lowest BCUT2D eigenvalue weighted by Crippen LogP contribution is -2.45. The Morgan fingerprint density at radius 1 is 1.38 bits per heavy atom. The van der Waals surface area contributed by atoms with Gasteiger partial charge in [0.1, 0.15) is 0 Å². The van der Waals surface area contributed by atoms with Gasteiger partial charge in [-0.2, -0.15) is 9.51 Å². The van der Waals surface area contributed by atoms with Crippen LogP contribution in [0.15, 0.2) is 29.2 Å². The van der Waals surface area contributed by atoms with Gasteiger partial charge in [0.15, 0.2) is 0 Å². The monoisotopic (exact) mass is 309 g/mol. The number of ketones is 1. The summed E-state index contributed by atoms with van der Waals surface area (Å²) in [6.45, 7) is 5.46. The van der Waals surface area contributed by atoms with Gasteiger partial charge >= 0.3 is 6.21 Å². The highest BCUT2D eigenvalue weighted by Gasteiger charge is 2.30. The molecule has 1 rings (SSSR count). The minimum atomic E-state index is -3.81. The van der Waals surface area contributed by atoms with E-state index < -0.39 is 21.8 Å². The molecule has 0 amide bonds. The molecular formula is C14H19N3O3S. The van der Waals surface area contributed by atoms with Crippen molar-refractivity contribution in [2.45, 2.75) is 38.1 Å². The first-order chi connectivity index (χ1) is 9.81. The Bertz CT molecular complexity index is 647. The molecule has 0 aliphatic heterocycles. The molecule has 1 aromatic carbocycles. The molecule has 0 aliphatic rings. The molecule has 6 nitrogen and oxygen atoms in total. The Balaban J connectivity index is 3.09. The molecule has 0 aromatic heterocycles. The van der Waals surface area contributed by atoms with Crippen molar-refractivity contribution in [3.05, 3.63) is 35.4 Å². The first-order valence-corrected chi connectivity index (χ1v) is 8.10. The van der Waals surface area contributed by atoms with Crippen LogP contribution >= 0.6 is 0 Å². The fourth-order valence-electron chi connectivity index (χ4n) is 1.78. The highest BCUT2D eigenvalue weighted by Crippen LogP contribution is 2.14. The van der Waals surface area contributed by atoms with Gasteiger partial charge < -0.3 is 5.53 Å². The third-order valence-corrected chi connectivity index (χ3v) is 4.77. The molecule has 0 saturated carbocycles. The van der Waals surface area contributed by atoms with Crippen molar-refractivity contribution in [1.29, 1.82) is 0 Å². The molecule has 0 aliphatic carbocycles. The summed E-state index contributed by atoms with van der Waals surface area (Å²) in [4.78, 5) is 14.6. The second-order valence-electron chi connectivity index (χ2n) is 4.94. The van der Waals surface area contributed by atoms with Crippen molar-refractivity contribution < 1.29 is 18.0 Å². The van der Waals surface area contributed by atoms with E-state index in [9.17, 15) is 13.2 Å². The van der Waals surface area contributed by atoms with Crippen LogP contribution in [-0.2, 0) is 14.8 Å². The van der Waals surface area contributed by atoms with Gasteiger partial charge in [-0.15, -0.1) is 0 Å². The van der Waals surface area contributed by atoms with Crippen LogP contribution in [0.4, 0.5) is 0 Å². The van der Waals surface area contributed by atoms with Crippen molar-refractivity contribution in [1.82, 2.24) is 4.72 Å². The molecule has 2 unspecified atom stereocenters. The van der Waals surface area contributed by atoms with E-state index in [2.05, 4.69) is 9.51 Å². The molecule has 0 fully saturated rings. The summed E-state index contributed by atoms with van der Waals surface area (Å²) in [5.41, 5.74) is 9.40. The van der Waals surface area contributed by atoms with E-state index in [4.69, 9.17) is 5.53 Å². The number of hydrogen-bond acceptors (Lipinski definition) is 3. The smallest absolute Gasteiger partial charge is 0.324 e. The first kappa shape index (κ1) is 17.2. The van der Waals surface area contributed by atoms with Gasteiger partial charge in [-0.25, -0.2) is 8.42 Å². The quantitative estimate of drug-likeness (QED) is 0.470. The Labute approximate surface area is 124 Å². The molecule has 1 N–H and O–H groups in total. The number of Topliss-reactive ketones (excluding diaryl/α,β-unsaturated/α-hetero) is 1. The van der Waals surface area contributed by atoms with Crippen LogP contribution in [-0.4, -0.2) is 31.2 Å². The molecule has 0 heterocycles. The van der Waals surface area contributed by atoms with Gasteiger partial charge in [0.2, 0.25) is 10.0 Å². The topological polar surface area (TPSA) is 99.6 Å². The number of nitrogens with one attached hydrogen (secondary N) is 1. The van der Waals surface area contributed by atoms with E-state index in [1.165, 1.54) is 12.1 Å². The summed E-state index contributed by atoms with van der Waals surface area (Å²) in [5, 5.41) is 0. The van der Waals surface area contributed by atoms with E-state index in [0.717, 1.165) is 5.56 Å². The summed E-state index contributed by atoms with van der Waals surface area (Å²) < 4.78 is 27.0. The minimum Gasteiger partial charge on any atom is -0.361 e. The van der Waals surface area contributed by atoms with Crippen LogP contribution in [0.2, 0.25) is 0 Å². The lowest BCUT2D eigenvalue weighted by Gasteiger charge is -2.20. The Kier molecular flexibility index (Phi) is 5.96. The van der Waals surface area contributed by atoms with Crippen LogP contribution in [0.1, 0.15) is 25.8 Å². The largest absolute Gasteiger partial charge is 0.361 e. The Morgan fingerprint density at radius 2 is 1.95 bits per heavy atom. The van der Waals surface area contributed by atoms with Gasteiger partial charge in [-0.3, -0.25) is 4.79 Å². The summed E-state index contributed by atoms with van der Waals surface area (Å²) in [7, 11) is -3.81. The summed E-state index contributed by atoms with van der Waals surface area (Å²) in [5.74, 6) is -0.807. The zero-order chi connectivity index (χ0) is 16.0. The zero-order valence-electron chi connectivity index (χ0n) is 12.3.